The molecule has 0 aromatic carbocycles. The Kier molecular flexibility index (Phi) is 7.37. The van der Waals surface area contributed by atoms with Crippen LogP contribution in [-0.4, -0.2) is 21.7 Å². The molecule has 0 bridgehead atoms. The first kappa shape index (κ1) is 20.7. The Hall–Kier alpha value is -2.01. The van der Waals surface area contributed by atoms with Gasteiger partial charge in [-0.15, -0.1) is 10.2 Å². The van der Waals surface area contributed by atoms with Gasteiger partial charge in [-0.2, -0.15) is 0 Å². The molecule has 0 amide bonds. The molecule has 0 fully saturated rings. The van der Waals surface area contributed by atoms with E-state index in [1.807, 2.05) is 18.5 Å². The van der Waals surface area contributed by atoms with Crippen molar-refractivity contribution in [3.05, 3.63) is 53.5 Å². The highest BCUT2D eigenvalue weighted by Crippen LogP contribution is 2.38. The second-order valence-corrected chi connectivity index (χ2v) is 8.45. The minimum Gasteiger partial charge on any atom is -0.425 e. The number of nitrogens with one attached hydrogen (secondary N) is 1. The molecule has 28 heavy (non-hydrogen) atoms. The van der Waals surface area contributed by atoms with Crippen molar-refractivity contribution in [2.75, 3.05) is 6.54 Å². The van der Waals surface area contributed by atoms with Gasteiger partial charge < -0.3 is 9.73 Å². The van der Waals surface area contributed by atoms with Crippen LogP contribution in [0.1, 0.15) is 57.9 Å². The van der Waals surface area contributed by atoms with E-state index in [1.54, 1.807) is 0 Å². The SMILES string of the molecule is CCCc1nnc(C[C@H]2C[C@@H](C(C)C)[C@H](CNCc3cccnc3)C=C2C)o1. The van der Waals surface area contributed by atoms with E-state index in [9.17, 15) is 0 Å². The molecule has 3 atom stereocenters. The Bertz CT molecular complexity index is 753. The summed E-state index contributed by atoms with van der Waals surface area (Å²) in [4.78, 5) is 4.20. The first-order chi connectivity index (χ1) is 13.6. The standard InChI is InChI=1S/C23H34N4O/c1-5-7-22-26-27-23(28-22)12-19-11-21(16(2)3)20(10-17(19)4)15-25-14-18-8-6-9-24-13-18/h6,8-10,13,16,19-21,25H,5,7,11-12,14-15H2,1-4H3/t19-,20+,21+/m1/s1. The summed E-state index contributed by atoms with van der Waals surface area (Å²) < 4.78 is 5.84. The van der Waals surface area contributed by atoms with Crippen LogP contribution in [0.4, 0.5) is 0 Å². The third-order valence-electron chi connectivity index (χ3n) is 5.91. The summed E-state index contributed by atoms with van der Waals surface area (Å²) in [6.07, 6.45) is 10.2. The highest BCUT2D eigenvalue weighted by molar-refractivity contribution is 5.14. The van der Waals surface area contributed by atoms with Crippen LogP contribution < -0.4 is 5.32 Å². The normalized spacial score (nSPS) is 22.5. The Morgan fingerprint density at radius 1 is 1.25 bits per heavy atom. The molecule has 152 valence electrons. The molecule has 1 aliphatic rings. The van der Waals surface area contributed by atoms with Crippen molar-refractivity contribution in [1.82, 2.24) is 20.5 Å². The molecule has 0 saturated carbocycles. The Morgan fingerprint density at radius 3 is 2.79 bits per heavy atom. The molecule has 0 radical (unpaired) electrons. The zero-order chi connectivity index (χ0) is 19.9. The van der Waals surface area contributed by atoms with E-state index >= 15 is 0 Å². The highest BCUT2D eigenvalue weighted by atomic mass is 16.4. The second kappa shape index (κ2) is 9.97. The zero-order valence-corrected chi connectivity index (χ0v) is 17.7. The number of aromatic nitrogens is 3. The van der Waals surface area contributed by atoms with Gasteiger partial charge in [-0.3, -0.25) is 4.98 Å². The van der Waals surface area contributed by atoms with Crippen LogP contribution in [0.15, 0.2) is 40.6 Å². The van der Waals surface area contributed by atoms with Crippen molar-refractivity contribution in [2.45, 2.75) is 59.9 Å². The maximum atomic E-state index is 5.84. The Labute approximate surface area is 169 Å². The van der Waals surface area contributed by atoms with E-state index in [2.05, 4.69) is 60.3 Å². The third-order valence-corrected chi connectivity index (χ3v) is 5.91. The second-order valence-electron chi connectivity index (χ2n) is 8.45. The lowest BCUT2D eigenvalue weighted by Gasteiger charge is -2.37. The molecular weight excluding hydrogens is 348 g/mol. The number of pyridine rings is 1. The average molecular weight is 383 g/mol. The topological polar surface area (TPSA) is 63.8 Å². The number of allylic oxidation sites excluding steroid dienone is 1. The van der Waals surface area contributed by atoms with Gasteiger partial charge >= 0.3 is 0 Å². The quantitative estimate of drug-likeness (QED) is 0.642. The lowest BCUT2D eigenvalue weighted by atomic mass is 9.70. The number of nitrogens with zero attached hydrogens (tertiary/aromatic N) is 3. The molecule has 1 aliphatic carbocycles. The van der Waals surface area contributed by atoms with Crippen LogP contribution in [0.2, 0.25) is 0 Å². The fourth-order valence-corrected chi connectivity index (χ4v) is 4.29. The van der Waals surface area contributed by atoms with Crippen molar-refractivity contribution in [1.29, 1.82) is 0 Å². The van der Waals surface area contributed by atoms with Crippen molar-refractivity contribution in [3.8, 4) is 0 Å². The molecule has 0 saturated heterocycles. The molecule has 2 aromatic heterocycles. The van der Waals surface area contributed by atoms with E-state index in [-0.39, 0.29) is 0 Å². The molecule has 0 unspecified atom stereocenters. The highest BCUT2D eigenvalue weighted by Gasteiger charge is 2.32. The first-order valence-electron chi connectivity index (χ1n) is 10.7. The number of rotatable bonds is 9. The lowest BCUT2D eigenvalue weighted by molar-refractivity contribution is 0.217. The molecule has 1 N–H and O–H groups in total. The maximum absolute atomic E-state index is 5.84. The molecule has 5 nitrogen and oxygen atoms in total. The molecular formula is C23H34N4O. The van der Waals surface area contributed by atoms with Crippen LogP contribution in [0.5, 0.6) is 0 Å². The van der Waals surface area contributed by atoms with Crippen LogP contribution in [0.25, 0.3) is 0 Å². The van der Waals surface area contributed by atoms with Crippen LogP contribution in [0.3, 0.4) is 0 Å². The van der Waals surface area contributed by atoms with Crippen molar-refractivity contribution >= 4 is 0 Å². The summed E-state index contributed by atoms with van der Waals surface area (Å²) in [5.74, 6) is 3.93. The average Bonchev–Trinajstić information content (AvgIpc) is 3.12. The van der Waals surface area contributed by atoms with E-state index in [1.165, 1.54) is 17.6 Å². The van der Waals surface area contributed by atoms with E-state index < -0.39 is 0 Å². The third kappa shape index (κ3) is 5.51. The molecule has 0 spiro atoms. The lowest BCUT2D eigenvalue weighted by Crippen LogP contribution is -2.34. The predicted octanol–water partition coefficient (Wildman–Crippen LogP) is 4.60. The summed E-state index contributed by atoms with van der Waals surface area (Å²) in [6, 6.07) is 4.11. The van der Waals surface area contributed by atoms with Gasteiger partial charge in [0.15, 0.2) is 0 Å². The zero-order valence-electron chi connectivity index (χ0n) is 17.7. The van der Waals surface area contributed by atoms with Crippen molar-refractivity contribution in [2.24, 2.45) is 23.7 Å². The molecule has 2 heterocycles. The molecule has 0 aliphatic heterocycles. The largest absolute Gasteiger partial charge is 0.425 e. The summed E-state index contributed by atoms with van der Waals surface area (Å²) >= 11 is 0. The van der Waals surface area contributed by atoms with Crippen molar-refractivity contribution < 1.29 is 4.42 Å². The Morgan fingerprint density at radius 2 is 2.07 bits per heavy atom. The van der Waals surface area contributed by atoms with E-state index in [0.717, 1.165) is 44.1 Å². The van der Waals surface area contributed by atoms with Gasteiger partial charge in [0.2, 0.25) is 11.8 Å². The Balaban J connectivity index is 1.61. The number of hydrogen-bond acceptors (Lipinski definition) is 5. The first-order valence-corrected chi connectivity index (χ1v) is 10.7. The molecule has 5 heteroatoms. The fourth-order valence-electron chi connectivity index (χ4n) is 4.29. The van der Waals surface area contributed by atoms with Gasteiger partial charge in [0.25, 0.3) is 0 Å². The van der Waals surface area contributed by atoms with E-state index in [4.69, 9.17) is 4.42 Å². The van der Waals surface area contributed by atoms with Crippen LogP contribution in [-0.2, 0) is 19.4 Å². The van der Waals surface area contributed by atoms with Crippen LogP contribution in [0, 0.1) is 23.7 Å². The monoisotopic (exact) mass is 382 g/mol. The van der Waals surface area contributed by atoms with Gasteiger partial charge in [0, 0.05) is 38.3 Å². The number of hydrogen-bond donors (Lipinski definition) is 1. The summed E-state index contributed by atoms with van der Waals surface area (Å²) in [5, 5.41) is 12.1. The molecule has 3 rings (SSSR count). The molecule has 2 aromatic rings. The fraction of sp³-hybridized carbons (Fsp3) is 0.609. The van der Waals surface area contributed by atoms with Gasteiger partial charge in [0.1, 0.15) is 0 Å². The summed E-state index contributed by atoms with van der Waals surface area (Å²) in [7, 11) is 0. The number of aryl methyl sites for hydroxylation is 1. The van der Waals surface area contributed by atoms with Gasteiger partial charge in [-0.1, -0.05) is 38.5 Å². The summed E-state index contributed by atoms with van der Waals surface area (Å²) in [6.45, 7) is 11.0. The minimum absolute atomic E-state index is 0.497. The van der Waals surface area contributed by atoms with Gasteiger partial charge in [-0.25, -0.2) is 0 Å². The maximum Gasteiger partial charge on any atom is 0.217 e. The minimum atomic E-state index is 0.497. The van der Waals surface area contributed by atoms with Gasteiger partial charge in [-0.05, 0) is 55.1 Å². The predicted molar refractivity (Wildman–Crippen MR) is 112 cm³/mol. The summed E-state index contributed by atoms with van der Waals surface area (Å²) in [5.41, 5.74) is 2.69. The van der Waals surface area contributed by atoms with E-state index in [0.29, 0.717) is 23.7 Å². The van der Waals surface area contributed by atoms with Crippen LogP contribution >= 0.6 is 0 Å². The van der Waals surface area contributed by atoms with Gasteiger partial charge in [0.05, 0.1) is 0 Å². The van der Waals surface area contributed by atoms with Crippen molar-refractivity contribution in [3.63, 3.8) is 0 Å². The smallest absolute Gasteiger partial charge is 0.217 e.